The van der Waals surface area contributed by atoms with Gasteiger partial charge in [0, 0.05) is 33.2 Å². The minimum atomic E-state index is -0.648. The number of ether oxygens (including phenoxy) is 2. The number of rotatable bonds is 5. The van der Waals surface area contributed by atoms with E-state index in [-0.39, 0.29) is 11.9 Å². The number of likely N-dealkylation sites (N-methyl/N-ethyl adjacent to an activating group) is 1. The highest BCUT2D eigenvalue weighted by molar-refractivity contribution is 6.19. The highest BCUT2D eigenvalue weighted by atomic mass is 16.5. The second kappa shape index (κ2) is 8.27. The van der Waals surface area contributed by atoms with Crippen LogP contribution >= 0.6 is 0 Å². The average molecular weight is 454 g/mol. The Morgan fingerprint density at radius 3 is 2.48 bits per heavy atom. The SMILES string of the molecule is COc1ccc(-n2c(C)c(C)[n+]3c2N=C2C3C(=O)N(CCN3CCOCC3)C(=O)N2C)cc1. The van der Waals surface area contributed by atoms with Gasteiger partial charge >= 0.3 is 12.0 Å². The number of carbonyl (C=O) groups is 2. The Bertz CT molecular complexity index is 1130. The molecule has 1 aromatic heterocycles. The van der Waals surface area contributed by atoms with Gasteiger partial charge in [0.1, 0.15) is 22.8 Å². The first-order valence-electron chi connectivity index (χ1n) is 11.2. The molecular formula is C23H29N6O4+. The third kappa shape index (κ3) is 3.41. The molecule has 3 aliphatic rings. The number of amidine groups is 1. The molecule has 2 aromatic rings. The van der Waals surface area contributed by atoms with Gasteiger partial charge in [-0.1, -0.05) is 4.99 Å². The van der Waals surface area contributed by atoms with Gasteiger partial charge in [0.05, 0.1) is 20.3 Å². The molecule has 5 rings (SSSR count). The number of fused-ring (bicyclic) bond motifs is 3. The summed E-state index contributed by atoms with van der Waals surface area (Å²) in [4.78, 5) is 36.5. The number of hydrogen-bond acceptors (Lipinski definition) is 6. The second-order valence-corrected chi connectivity index (χ2v) is 8.53. The van der Waals surface area contributed by atoms with Crippen LogP contribution in [0.1, 0.15) is 17.4 Å². The van der Waals surface area contributed by atoms with Gasteiger partial charge in [0.25, 0.3) is 5.91 Å². The van der Waals surface area contributed by atoms with E-state index in [2.05, 4.69) is 4.90 Å². The predicted octanol–water partition coefficient (Wildman–Crippen LogP) is 1.20. The monoisotopic (exact) mass is 453 g/mol. The summed E-state index contributed by atoms with van der Waals surface area (Å²) in [7, 11) is 3.32. The van der Waals surface area contributed by atoms with Crippen LogP contribution in [0.4, 0.5) is 10.7 Å². The topological polar surface area (TPSA) is 83.5 Å². The summed E-state index contributed by atoms with van der Waals surface area (Å²) in [6.45, 7) is 7.95. The van der Waals surface area contributed by atoms with Crippen LogP contribution in [0.2, 0.25) is 0 Å². The highest BCUT2D eigenvalue weighted by Crippen LogP contribution is 2.33. The summed E-state index contributed by atoms with van der Waals surface area (Å²) in [5.74, 6) is 1.64. The Hall–Kier alpha value is -3.24. The number of benzene rings is 1. The van der Waals surface area contributed by atoms with E-state index in [1.165, 1.54) is 9.80 Å². The van der Waals surface area contributed by atoms with E-state index in [9.17, 15) is 9.59 Å². The van der Waals surface area contributed by atoms with E-state index in [1.54, 1.807) is 14.2 Å². The molecule has 174 valence electrons. The summed E-state index contributed by atoms with van der Waals surface area (Å²) in [6, 6.07) is 6.72. The summed E-state index contributed by atoms with van der Waals surface area (Å²) < 4.78 is 14.6. The van der Waals surface area contributed by atoms with Gasteiger partial charge in [-0.25, -0.2) is 9.36 Å². The molecule has 0 radical (unpaired) electrons. The molecule has 3 aliphatic heterocycles. The van der Waals surface area contributed by atoms with E-state index in [0.717, 1.165) is 35.9 Å². The molecule has 0 spiro atoms. The van der Waals surface area contributed by atoms with Crippen molar-refractivity contribution in [3.05, 3.63) is 35.7 Å². The number of hydrogen-bond donors (Lipinski definition) is 0. The lowest BCUT2D eigenvalue weighted by molar-refractivity contribution is -0.682. The quantitative estimate of drug-likeness (QED) is 0.636. The van der Waals surface area contributed by atoms with Gasteiger partial charge in [0.2, 0.25) is 11.9 Å². The van der Waals surface area contributed by atoms with E-state index in [4.69, 9.17) is 14.5 Å². The molecular weight excluding hydrogens is 424 g/mol. The Labute approximate surface area is 192 Å². The van der Waals surface area contributed by atoms with Gasteiger partial charge in [-0.15, -0.1) is 0 Å². The Morgan fingerprint density at radius 1 is 1.12 bits per heavy atom. The minimum absolute atomic E-state index is 0.233. The van der Waals surface area contributed by atoms with Crippen molar-refractivity contribution in [1.29, 1.82) is 0 Å². The van der Waals surface area contributed by atoms with Crippen LogP contribution in [0.5, 0.6) is 5.75 Å². The largest absolute Gasteiger partial charge is 0.497 e. The molecule has 10 nitrogen and oxygen atoms in total. The predicted molar refractivity (Wildman–Crippen MR) is 120 cm³/mol. The van der Waals surface area contributed by atoms with E-state index in [1.807, 2.05) is 47.2 Å². The third-order valence-electron chi connectivity index (χ3n) is 6.79. The Morgan fingerprint density at radius 2 is 1.82 bits per heavy atom. The number of urea groups is 1. The number of amides is 3. The molecule has 2 fully saturated rings. The van der Waals surface area contributed by atoms with Crippen molar-refractivity contribution in [3.8, 4) is 11.4 Å². The van der Waals surface area contributed by atoms with Crippen LogP contribution in [0.25, 0.3) is 5.69 Å². The molecule has 0 aliphatic carbocycles. The molecule has 1 atom stereocenters. The zero-order valence-electron chi connectivity index (χ0n) is 19.4. The van der Waals surface area contributed by atoms with Gasteiger partial charge in [-0.3, -0.25) is 19.5 Å². The number of morpholine rings is 1. The van der Waals surface area contributed by atoms with Crippen molar-refractivity contribution in [2.45, 2.75) is 19.9 Å². The number of methoxy groups -OCH3 is 1. The number of nitrogens with zero attached hydrogens (tertiary/aromatic N) is 6. The minimum Gasteiger partial charge on any atom is -0.497 e. The second-order valence-electron chi connectivity index (χ2n) is 8.53. The first kappa shape index (κ1) is 21.6. The molecule has 0 N–H and O–H groups in total. The van der Waals surface area contributed by atoms with Crippen LogP contribution in [0.3, 0.4) is 0 Å². The van der Waals surface area contributed by atoms with Crippen LogP contribution in [-0.4, -0.2) is 90.6 Å². The van der Waals surface area contributed by atoms with Crippen molar-refractivity contribution >= 4 is 23.7 Å². The van der Waals surface area contributed by atoms with Crippen molar-refractivity contribution < 1.29 is 23.6 Å². The van der Waals surface area contributed by atoms with Crippen molar-refractivity contribution in [1.82, 2.24) is 19.3 Å². The maximum Gasteiger partial charge on any atom is 0.407 e. The first-order chi connectivity index (χ1) is 15.9. The fourth-order valence-electron chi connectivity index (χ4n) is 4.75. The van der Waals surface area contributed by atoms with Gasteiger partial charge in [-0.05, 0) is 38.1 Å². The Kier molecular flexibility index (Phi) is 5.41. The summed E-state index contributed by atoms with van der Waals surface area (Å²) in [5.41, 5.74) is 2.85. The zero-order chi connectivity index (χ0) is 23.3. The third-order valence-corrected chi connectivity index (χ3v) is 6.79. The number of aromatic nitrogens is 2. The van der Waals surface area contributed by atoms with Crippen LogP contribution in [0, 0.1) is 13.8 Å². The zero-order valence-corrected chi connectivity index (χ0v) is 19.4. The number of aliphatic imine (C=N–C) groups is 1. The number of imide groups is 1. The average Bonchev–Trinajstić information content (AvgIpc) is 3.33. The number of carbonyl (C=O) groups excluding carboxylic acids is 2. The lowest BCUT2D eigenvalue weighted by Crippen LogP contribution is -2.64. The van der Waals surface area contributed by atoms with Crippen LogP contribution < -0.4 is 9.30 Å². The summed E-state index contributed by atoms with van der Waals surface area (Å²) in [5, 5.41) is 0. The van der Waals surface area contributed by atoms with Gasteiger partial charge in [-0.2, -0.15) is 4.57 Å². The smallest absolute Gasteiger partial charge is 0.407 e. The summed E-state index contributed by atoms with van der Waals surface area (Å²) in [6.07, 6.45) is 0. The number of imidazole rings is 1. The molecule has 33 heavy (non-hydrogen) atoms. The van der Waals surface area contributed by atoms with Gasteiger partial charge < -0.3 is 9.47 Å². The van der Waals surface area contributed by atoms with Gasteiger partial charge in [0.15, 0.2) is 0 Å². The fourth-order valence-corrected chi connectivity index (χ4v) is 4.75. The molecule has 0 saturated carbocycles. The normalized spacial score (nSPS) is 20.7. The molecule has 3 amide bonds. The summed E-state index contributed by atoms with van der Waals surface area (Å²) >= 11 is 0. The van der Waals surface area contributed by atoms with Crippen molar-refractivity contribution in [2.24, 2.45) is 4.99 Å². The van der Waals surface area contributed by atoms with Crippen LogP contribution in [0.15, 0.2) is 29.3 Å². The highest BCUT2D eigenvalue weighted by Gasteiger charge is 2.54. The van der Waals surface area contributed by atoms with E-state index < -0.39 is 6.04 Å². The standard InChI is InChI=1S/C23H29N6O4/c1-15-16(2)29-19-20(24-22(29)28(15)17-5-7-18(32-4)8-6-17)25(3)23(31)27(21(19)30)10-9-26-11-13-33-14-12-26/h5-8,19H,9-14H2,1-4H3/q+1. The van der Waals surface area contributed by atoms with Crippen LogP contribution in [-0.2, 0) is 9.53 Å². The maximum absolute atomic E-state index is 13.6. The van der Waals surface area contributed by atoms with E-state index in [0.29, 0.717) is 38.1 Å². The first-order valence-corrected chi connectivity index (χ1v) is 11.2. The molecule has 0 bridgehead atoms. The molecule has 4 heterocycles. The molecule has 10 heteroatoms. The van der Waals surface area contributed by atoms with E-state index >= 15 is 0 Å². The van der Waals surface area contributed by atoms with Crippen molar-refractivity contribution in [3.63, 3.8) is 0 Å². The van der Waals surface area contributed by atoms with Crippen molar-refractivity contribution in [2.75, 3.05) is 53.6 Å². The molecule has 1 unspecified atom stereocenters. The fraction of sp³-hybridized carbons (Fsp3) is 0.478. The maximum atomic E-state index is 13.6. The lowest BCUT2D eigenvalue weighted by atomic mass is 10.1. The lowest BCUT2D eigenvalue weighted by Gasteiger charge is -2.35. The molecule has 1 aromatic carbocycles. The molecule has 2 saturated heterocycles. The Balaban J connectivity index is 1.49.